The Hall–Kier alpha value is -2.25. The number of carbonyl (C=O) groups is 3. The van der Waals surface area contributed by atoms with Crippen LogP contribution in [0.1, 0.15) is 37.7 Å². The predicted molar refractivity (Wildman–Crippen MR) is 115 cm³/mol. The molecule has 7 nitrogen and oxygen atoms in total. The second-order valence-corrected chi connectivity index (χ2v) is 8.90. The fourth-order valence-corrected chi connectivity index (χ4v) is 4.85. The zero-order valence-electron chi connectivity index (χ0n) is 17.8. The highest BCUT2D eigenvalue weighted by Crippen LogP contribution is 2.37. The van der Waals surface area contributed by atoms with Crippen LogP contribution in [0.4, 0.5) is 5.69 Å². The lowest BCUT2D eigenvalue weighted by atomic mass is 9.81. The zero-order valence-corrected chi connectivity index (χ0v) is 17.8. The summed E-state index contributed by atoms with van der Waals surface area (Å²) >= 11 is 0. The van der Waals surface area contributed by atoms with E-state index in [1.54, 1.807) is 0 Å². The quantitative estimate of drug-likeness (QED) is 0.723. The first-order valence-corrected chi connectivity index (χ1v) is 11.2. The summed E-state index contributed by atoms with van der Waals surface area (Å²) in [7, 11) is 2.15. The molecule has 0 spiro atoms. The van der Waals surface area contributed by atoms with Crippen LogP contribution >= 0.6 is 0 Å². The lowest BCUT2D eigenvalue weighted by Crippen LogP contribution is -2.43. The van der Waals surface area contributed by atoms with E-state index in [0.717, 1.165) is 64.1 Å². The Morgan fingerprint density at radius 3 is 2.17 bits per heavy atom. The van der Waals surface area contributed by atoms with Crippen LogP contribution in [0.5, 0.6) is 0 Å². The SMILES string of the molecule is CN1CCN(Cc2ccc(NC(=O)CCN3C(=O)C4CCCCC4C3=O)cc2)CC1. The lowest BCUT2D eigenvalue weighted by molar-refractivity contribution is -0.140. The molecule has 0 bridgehead atoms. The summed E-state index contributed by atoms with van der Waals surface area (Å²) in [4.78, 5) is 43.5. The van der Waals surface area contributed by atoms with Crippen molar-refractivity contribution >= 4 is 23.4 Å². The molecule has 1 N–H and O–H groups in total. The van der Waals surface area contributed by atoms with Crippen molar-refractivity contribution in [2.75, 3.05) is 45.1 Å². The molecular formula is C23H32N4O3. The molecule has 2 heterocycles. The minimum Gasteiger partial charge on any atom is -0.326 e. The van der Waals surface area contributed by atoms with E-state index in [0.29, 0.717) is 0 Å². The topological polar surface area (TPSA) is 73.0 Å². The number of likely N-dealkylation sites (N-methyl/N-ethyl adjacent to an activating group) is 1. The summed E-state index contributed by atoms with van der Waals surface area (Å²) < 4.78 is 0. The standard InChI is InChI=1S/C23H32N4O3/c1-25-12-14-26(15-13-25)16-17-6-8-18(9-7-17)24-21(28)10-11-27-22(29)19-4-2-3-5-20(19)23(27)30/h6-9,19-20H,2-5,10-16H2,1H3,(H,24,28). The van der Waals surface area contributed by atoms with Gasteiger partial charge >= 0.3 is 0 Å². The molecule has 3 amide bonds. The van der Waals surface area contributed by atoms with Gasteiger partial charge < -0.3 is 10.2 Å². The summed E-state index contributed by atoms with van der Waals surface area (Å²) in [6.07, 6.45) is 3.77. The molecule has 2 unspecified atom stereocenters. The molecule has 30 heavy (non-hydrogen) atoms. The normalized spacial score (nSPS) is 25.4. The highest BCUT2D eigenvalue weighted by Gasteiger charge is 2.47. The van der Waals surface area contributed by atoms with E-state index in [2.05, 4.69) is 22.2 Å². The summed E-state index contributed by atoms with van der Waals surface area (Å²) in [5, 5.41) is 2.89. The van der Waals surface area contributed by atoms with Crippen molar-refractivity contribution in [3.8, 4) is 0 Å². The van der Waals surface area contributed by atoms with Gasteiger partial charge in [0.25, 0.3) is 0 Å². The van der Waals surface area contributed by atoms with Crippen molar-refractivity contribution < 1.29 is 14.4 Å². The van der Waals surface area contributed by atoms with Crippen LogP contribution < -0.4 is 5.32 Å². The van der Waals surface area contributed by atoms with Crippen LogP contribution in [0, 0.1) is 11.8 Å². The molecule has 2 aliphatic heterocycles. The van der Waals surface area contributed by atoms with E-state index in [4.69, 9.17) is 0 Å². The van der Waals surface area contributed by atoms with Gasteiger partial charge in [-0.05, 0) is 37.6 Å². The van der Waals surface area contributed by atoms with Crippen molar-refractivity contribution in [1.82, 2.24) is 14.7 Å². The third kappa shape index (κ3) is 4.73. The average molecular weight is 413 g/mol. The number of imide groups is 1. The van der Waals surface area contributed by atoms with Crippen LogP contribution in [0.15, 0.2) is 24.3 Å². The van der Waals surface area contributed by atoms with Gasteiger partial charge in [0.1, 0.15) is 0 Å². The Morgan fingerprint density at radius 2 is 1.57 bits per heavy atom. The number of amides is 3. The smallest absolute Gasteiger partial charge is 0.233 e. The molecule has 3 aliphatic rings. The van der Waals surface area contributed by atoms with Gasteiger partial charge in [-0.15, -0.1) is 0 Å². The van der Waals surface area contributed by atoms with Gasteiger partial charge in [0.15, 0.2) is 0 Å². The number of nitrogens with one attached hydrogen (secondary N) is 1. The molecule has 1 aromatic carbocycles. The maximum absolute atomic E-state index is 12.5. The molecule has 1 aliphatic carbocycles. The molecule has 1 aromatic rings. The first-order chi connectivity index (χ1) is 14.5. The second-order valence-electron chi connectivity index (χ2n) is 8.90. The van der Waals surface area contributed by atoms with Crippen molar-refractivity contribution in [3.63, 3.8) is 0 Å². The second kappa shape index (κ2) is 9.27. The van der Waals surface area contributed by atoms with E-state index in [9.17, 15) is 14.4 Å². The Labute approximate surface area is 178 Å². The molecule has 0 radical (unpaired) electrons. The summed E-state index contributed by atoms with van der Waals surface area (Å²) in [5.41, 5.74) is 1.98. The third-order valence-corrected chi connectivity index (χ3v) is 6.73. The minimum absolute atomic E-state index is 0.0780. The van der Waals surface area contributed by atoms with E-state index in [1.165, 1.54) is 10.5 Å². The third-order valence-electron chi connectivity index (χ3n) is 6.73. The Bertz CT molecular complexity index is 762. The van der Waals surface area contributed by atoms with Gasteiger partial charge in [0.2, 0.25) is 17.7 Å². The van der Waals surface area contributed by atoms with Crippen LogP contribution in [-0.2, 0) is 20.9 Å². The summed E-state index contributed by atoms with van der Waals surface area (Å²) in [6, 6.07) is 7.94. The number of nitrogens with zero attached hydrogens (tertiary/aromatic N) is 3. The summed E-state index contributed by atoms with van der Waals surface area (Å²) in [5.74, 6) is -0.627. The van der Waals surface area contributed by atoms with Crippen molar-refractivity contribution in [1.29, 1.82) is 0 Å². The number of piperazine rings is 1. The first-order valence-electron chi connectivity index (χ1n) is 11.2. The number of carbonyl (C=O) groups excluding carboxylic acids is 3. The maximum atomic E-state index is 12.5. The van der Waals surface area contributed by atoms with E-state index in [1.807, 2.05) is 24.3 Å². The largest absolute Gasteiger partial charge is 0.326 e. The number of likely N-dealkylation sites (tertiary alicyclic amines) is 1. The van der Waals surface area contributed by atoms with Gasteiger partial charge in [-0.25, -0.2) is 0 Å². The van der Waals surface area contributed by atoms with Gasteiger partial charge in [-0.2, -0.15) is 0 Å². The van der Waals surface area contributed by atoms with Gasteiger partial charge in [-0.3, -0.25) is 24.2 Å². The number of hydrogen-bond donors (Lipinski definition) is 1. The van der Waals surface area contributed by atoms with Gasteiger partial charge in [0, 0.05) is 51.4 Å². The Balaban J connectivity index is 1.24. The van der Waals surface area contributed by atoms with E-state index >= 15 is 0 Å². The number of rotatable bonds is 6. The van der Waals surface area contributed by atoms with Crippen LogP contribution in [0.2, 0.25) is 0 Å². The van der Waals surface area contributed by atoms with E-state index in [-0.39, 0.29) is 42.5 Å². The molecule has 7 heteroatoms. The lowest BCUT2D eigenvalue weighted by Gasteiger charge is -2.32. The van der Waals surface area contributed by atoms with Crippen molar-refractivity contribution in [2.24, 2.45) is 11.8 Å². The molecule has 162 valence electrons. The fraction of sp³-hybridized carbons (Fsp3) is 0.609. The molecule has 1 saturated carbocycles. The Kier molecular flexibility index (Phi) is 6.49. The maximum Gasteiger partial charge on any atom is 0.233 e. The van der Waals surface area contributed by atoms with Gasteiger partial charge in [-0.1, -0.05) is 25.0 Å². The Morgan fingerprint density at radius 1 is 0.967 bits per heavy atom. The fourth-order valence-electron chi connectivity index (χ4n) is 4.85. The van der Waals surface area contributed by atoms with E-state index < -0.39 is 0 Å². The van der Waals surface area contributed by atoms with Crippen LogP contribution in [-0.4, -0.2) is 72.2 Å². The average Bonchev–Trinajstić information content (AvgIpc) is 3.00. The molecule has 2 atom stereocenters. The summed E-state index contributed by atoms with van der Waals surface area (Å²) in [6.45, 7) is 5.44. The highest BCUT2D eigenvalue weighted by atomic mass is 16.2. The first kappa shape index (κ1) is 21.0. The highest BCUT2D eigenvalue weighted by molar-refractivity contribution is 6.05. The number of benzene rings is 1. The number of anilines is 1. The predicted octanol–water partition coefficient (Wildman–Crippen LogP) is 1.94. The molecule has 3 fully saturated rings. The van der Waals surface area contributed by atoms with Crippen LogP contribution in [0.25, 0.3) is 0 Å². The molecule has 2 saturated heterocycles. The molecule has 0 aromatic heterocycles. The number of hydrogen-bond acceptors (Lipinski definition) is 5. The van der Waals surface area contributed by atoms with Crippen LogP contribution in [0.3, 0.4) is 0 Å². The molecular weight excluding hydrogens is 380 g/mol. The van der Waals surface area contributed by atoms with Crippen molar-refractivity contribution in [2.45, 2.75) is 38.6 Å². The minimum atomic E-state index is -0.169. The number of fused-ring (bicyclic) bond motifs is 1. The van der Waals surface area contributed by atoms with Crippen molar-refractivity contribution in [3.05, 3.63) is 29.8 Å². The monoisotopic (exact) mass is 412 g/mol. The zero-order chi connectivity index (χ0) is 21.1. The van der Waals surface area contributed by atoms with Gasteiger partial charge in [0.05, 0.1) is 11.8 Å². The molecule has 4 rings (SSSR count).